The van der Waals surface area contributed by atoms with Crippen molar-refractivity contribution >= 4 is 23.2 Å². The van der Waals surface area contributed by atoms with Crippen molar-refractivity contribution in [2.24, 2.45) is 0 Å². The van der Waals surface area contributed by atoms with E-state index in [4.69, 9.17) is 0 Å². The maximum atomic E-state index is 2.35. The lowest BCUT2D eigenvalue weighted by molar-refractivity contribution is 1.20. The van der Waals surface area contributed by atoms with Crippen molar-refractivity contribution in [1.82, 2.24) is 0 Å². The number of hydrogen-bond donors (Lipinski definition) is 0. The maximum absolute atomic E-state index is 2.35. The van der Waals surface area contributed by atoms with Gasteiger partial charge in [0.15, 0.2) is 0 Å². The van der Waals surface area contributed by atoms with Crippen molar-refractivity contribution in [2.75, 3.05) is 0 Å². The van der Waals surface area contributed by atoms with E-state index in [2.05, 4.69) is 124 Å². The molecule has 0 unspecified atom stereocenters. The molecule has 0 amide bonds. The first-order valence-corrected chi connectivity index (χ1v) is 12.2. The summed E-state index contributed by atoms with van der Waals surface area (Å²) in [5.41, 5.74) is 5.67. The summed E-state index contributed by atoms with van der Waals surface area (Å²) in [4.78, 5) is 0. The fourth-order valence-corrected chi connectivity index (χ4v) is 8.55. The lowest BCUT2D eigenvalue weighted by Crippen LogP contribution is -2.32. The van der Waals surface area contributed by atoms with Crippen LogP contribution in [0.5, 0.6) is 0 Å². The van der Waals surface area contributed by atoms with Crippen LogP contribution in [0, 0.1) is 20.8 Å². The Kier molecular flexibility index (Phi) is 5.65. The van der Waals surface area contributed by atoms with Crippen molar-refractivity contribution in [3.8, 4) is 0 Å². The Balaban J connectivity index is 2.02. The van der Waals surface area contributed by atoms with Crippen molar-refractivity contribution in [3.05, 3.63) is 125 Å². The molecule has 0 aromatic heterocycles. The maximum Gasteiger partial charge on any atom is 0.116 e. The van der Waals surface area contributed by atoms with Crippen LogP contribution >= 0.6 is 7.26 Å². The summed E-state index contributed by atoms with van der Waals surface area (Å²) in [6, 6.07) is 38.0. The van der Waals surface area contributed by atoms with Crippen LogP contribution in [0.15, 0.2) is 103 Å². The molecule has 0 bridgehead atoms. The number of benzene rings is 4. The predicted octanol–water partition coefficient (Wildman–Crippen LogP) is 6.11. The van der Waals surface area contributed by atoms with E-state index >= 15 is 0 Å². The van der Waals surface area contributed by atoms with Crippen LogP contribution in [0.3, 0.4) is 0 Å². The minimum Gasteiger partial charge on any atom is -0.0620 e. The van der Waals surface area contributed by atoms with Gasteiger partial charge in [-0.05, 0) is 79.4 Å². The highest BCUT2D eigenvalue weighted by Gasteiger charge is 2.45. The standard InChI is InChI=1S/C28H28P/c1-22-19-20-25(24(3)23(22)2)21-29(26-13-7-4-8-14-26,27-15-9-5-10-16-27)28-17-11-6-12-18-28/h4-20H,21H2,1-3H3/q+1. The monoisotopic (exact) mass is 395 g/mol. The van der Waals surface area contributed by atoms with Crippen LogP contribution in [0.1, 0.15) is 22.3 Å². The van der Waals surface area contributed by atoms with Gasteiger partial charge in [-0.1, -0.05) is 66.7 Å². The van der Waals surface area contributed by atoms with Gasteiger partial charge in [0.1, 0.15) is 23.2 Å². The second kappa shape index (κ2) is 8.36. The van der Waals surface area contributed by atoms with E-state index in [1.54, 1.807) is 0 Å². The SMILES string of the molecule is Cc1ccc(C[P+](c2ccccc2)(c2ccccc2)c2ccccc2)c(C)c1C. The molecule has 0 radical (unpaired) electrons. The van der Waals surface area contributed by atoms with Gasteiger partial charge in [0, 0.05) is 0 Å². The first-order chi connectivity index (χ1) is 14.1. The fraction of sp³-hybridized carbons (Fsp3) is 0.143. The number of aryl methyl sites for hydroxylation is 1. The molecule has 0 N–H and O–H groups in total. The molecule has 0 aliphatic rings. The molecule has 0 spiro atoms. The second-order valence-electron chi connectivity index (χ2n) is 7.77. The Bertz CT molecular complexity index is 987. The first-order valence-electron chi connectivity index (χ1n) is 10.2. The van der Waals surface area contributed by atoms with E-state index in [0.717, 1.165) is 6.16 Å². The molecule has 0 saturated heterocycles. The Labute approximate surface area is 175 Å². The highest BCUT2D eigenvalue weighted by atomic mass is 31.2. The van der Waals surface area contributed by atoms with E-state index in [1.165, 1.54) is 38.2 Å². The van der Waals surface area contributed by atoms with Gasteiger partial charge >= 0.3 is 0 Å². The molecule has 144 valence electrons. The molecule has 0 nitrogen and oxygen atoms in total. The summed E-state index contributed by atoms with van der Waals surface area (Å²) >= 11 is 0. The number of rotatable bonds is 5. The topological polar surface area (TPSA) is 0 Å². The van der Waals surface area contributed by atoms with E-state index in [1.807, 2.05) is 0 Å². The molecule has 0 heterocycles. The Hall–Kier alpha value is -2.69. The zero-order valence-corrected chi connectivity index (χ0v) is 18.4. The van der Waals surface area contributed by atoms with Crippen molar-refractivity contribution in [2.45, 2.75) is 26.9 Å². The molecular weight excluding hydrogens is 367 g/mol. The molecule has 1 heteroatoms. The Morgan fingerprint density at radius 2 is 0.897 bits per heavy atom. The summed E-state index contributed by atoms with van der Waals surface area (Å²) in [5, 5.41) is 4.32. The van der Waals surface area contributed by atoms with E-state index in [9.17, 15) is 0 Å². The fourth-order valence-electron chi connectivity index (χ4n) is 4.21. The minimum atomic E-state index is -1.84. The lowest BCUT2D eigenvalue weighted by atomic mass is 10.00. The molecule has 4 aromatic carbocycles. The molecule has 4 rings (SSSR count). The summed E-state index contributed by atoms with van der Waals surface area (Å²) in [6.45, 7) is 6.75. The van der Waals surface area contributed by atoms with Gasteiger partial charge in [0.05, 0.1) is 6.16 Å². The molecule has 0 saturated carbocycles. The smallest absolute Gasteiger partial charge is 0.0620 e. The van der Waals surface area contributed by atoms with Gasteiger partial charge < -0.3 is 0 Å². The van der Waals surface area contributed by atoms with Crippen LogP contribution in [-0.2, 0) is 6.16 Å². The average Bonchev–Trinajstić information content (AvgIpc) is 2.79. The van der Waals surface area contributed by atoms with E-state index in [-0.39, 0.29) is 0 Å². The molecule has 0 fully saturated rings. The van der Waals surface area contributed by atoms with Gasteiger partial charge in [0.25, 0.3) is 0 Å². The predicted molar refractivity (Wildman–Crippen MR) is 130 cm³/mol. The second-order valence-corrected chi connectivity index (χ2v) is 11.3. The summed E-state index contributed by atoms with van der Waals surface area (Å²) in [7, 11) is -1.84. The highest BCUT2D eigenvalue weighted by Crippen LogP contribution is 2.58. The third kappa shape index (κ3) is 3.66. The molecule has 0 aliphatic heterocycles. The van der Waals surface area contributed by atoms with Crippen molar-refractivity contribution in [3.63, 3.8) is 0 Å². The Morgan fingerprint density at radius 1 is 0.483 bits per heavy atom. The van der Waals surface area contributed by atoms with Gasteiger partial charge in [-0.15, -0.1) is 0 Å². The Morgan fingerprint density at radius 3 is 1.31 bits per heavy atom. The molecule has 0 atom stereocenters. The van der Waals surface area contributed by atoms with Crippen LogP contribution < -0.4 is 15.9 Å². The van der Waals surface area contributed by atoms with Crippen LogP contribution in [0.4, 0.5) is 0 Å². The van der Waals surface area contributed by atoms with Crippen LogP contribution in [-0.4, -0.2) is 0 Å². The van der Waals surface area contributed by atoms with Crippen LogP contribution in [0.25, 0.3) is 0 Å². The third-order valence-electron chi connectivity index (χ3n) is 6.17. The molecule has 0 aliphatic carbocycles. The summed E-state index contributed by atoms with van der Waals surface area (Å²) in [5.74, 6) is 0. The van der Waals surface area contributed by atoms with Gasteiger partial charge in [-0.3, -0.25) is 0 Å². The van der Waals surface area contributed by atoms with E-state index < -0.39 is 7.26 Å². The normalized spacial score (nSPS) is 11.4. The summed E-state index contributed by atoms with van der Waals surface area (Å²) in [6.07, 6.45) is 1.04. The minimum absolute atomic E-state index is 1.04. The quantitative estimate of drug-likeness (QED) is 0.358. The van der Waals surface area contributed by atoms with Gasteiger partial charge in [0.2, 0.25) is 0 Å². The van der Waals surface area contributed by atoms with Gasteiger partial charge in [-0.2, -0.15) is 0 Å². The summed E-state index contributed by atoms with van der Waals surface area (Å²) < 4.78 is 0. The van der Waals surface area contributed by atoms with Crippen molar-refractivity contribution < 1.29 is 0 Å². The van der Waals surface area contributed by atoms with Crippen LogP contribution in [0.2, 0.25) is 0 Å². The largest absolute Gasteiger partial charge is 0.116 e. The molecule has 4 aromatic rings. The highest BCUT2D eigenvalue weighted by molar-refractivity contribution is 7.95. The zero-order valence-electron chi connectivity index (χ0n) is 17.5. The average molecular weight is 396 g/mol. The first kappa shape index (κ1) is 19.6. The molecule has 29 heavy (non-hydrogen) atoms. The van der Waals surface area contributed by atoms with Crippen molar-refractivity contribution in [1.29, 1.82) is 0 Å². The lowest BCUT2D eigenvalue weighted by Gasteiger charge is -2.28. The zero-order chi connectivity index (χ0) is 20.3. The van der Waals surface area contributed by atoms with E-state index in [0.29, 0.717) is 0 Å². The molecular formula is C28H28P+. The third-order valence-corrected chi connectivity index (χ3v) is 10.5. The number of hydrogen-bond acceptors (Lipinski definition) is 0. The van der Waals surface area contributed by atoms with Gasteiger partial charge in [-0.25, -0.2) is 0 Å².